The molecule has 0 saturated carbocycles. The smallest absolute Gasteiger partial charge is 0.230 e. The highest BCUT2D eigenvalue weighted by molar-refractivity contribution is 7.99. The van der Waals surface area contributed by atoms with E-state index >= 15 is 0 Å². The van der Waals surface area contributed by atoms with Gasteiger partial charge in [-0.2, -0.15) is 0 Å². The molecule has 0 aliphatic rings. The molecule has 1 aromatic heterocycles. The third-order valence-corrected chi connectivity index (χ3v) is 5.01. The number of nitrogens with zero attached hydrogens (tertiary/aromatic N) is 1. The Hall–Kier alpha value is -1.79. The van der Waals surface area contributed by atoms with Crippen molar-refractivity contribution in [1.29, 1.82) is 0 Å². The highest BCUT2D eigenvalue weighted by Gasteiger charge is 2.12. The van der Waals surface area contributed by atoms with Crippen molar-refractivity contribution in [3.05, 3.63) is 41.3 Å². The fourth-order valence-electron chi connectivity index (χ4n) is 2.48. The lowest BCUT2D eigenvalue weighted by molar-refractivity contribution is -0.118. The van der Waals surface area contributed by atoms with Gasteiger partial charge in [0, 0.05) is 24.5 Å². The van der Waals surface area contributed by atoms with Gasteiger partial charge < -0.3 is 14.5 Å². The number of nitrogens with one attached hydrogen (secondary N) is 1. The maximum atomic E-state index is 11.9. The Balaban J connectivity index is 1.74. The lowest BCUT2D eigenvalue weighted by atomic mass is 10.1. The standard InChI is InChI=1S/C21H30N2O3S/c1-5-17-7-9-18(10-8-17)21-23-19(16(4)26-21)13-27-14-20(24)22-11-6-12-25-15(2)3/h7-10,15H,5-6,11-14H2,1-4H3,(H,22,24). The Morgan fingerprint density at radius 2 is 2.04 bits per heavy atom. The maximum absolute atomic E-state index is 11.9. The normalized spacial score (nSPS) is 11.1. The fourth-order valence-corrected chi connectivity index (χ4v) is 3.33. The van der Waals surface area contributed by atoms with Crippen LogP contribution in [0.2, 0.25) is 0 Å². The molecule has 27 heavy (non-hydrogen) atoms. The van der Waals surface area contributed by atoms with E-state index in [1.807, 2.05) is 32.9 Å². The van der Waals surface area contributed by atoms with E-state index in [0.29, 0.717) is 30.5 Å². The minimum atomic E-state index is 0.0427. The largest absolute Gasteiger partial charge is 0.441 e. The minimum Gasteiger partial charge on any atom is -0.441 e. The number of aryl methyl sites for hydroxylation is 2. The topological polar surface area (TPSA) is 64.4 Å². The first-order chi connectivity index (χ1) is 13.0. The molecule has 0 aliphatic heterocycles. The van der Waals surface area contributed by atoms with Crippen LogP contribution >= 0.6 is 11.8 Å². The molecule has 0 spiro atoms. The third-order valence-electron chi connectivity index (χ3n) is 4.07. The number of aromatic nitrogens is 1. The molecular weight excluding hydrogens is 360 g/mol. The number of hydrogen-bond donors (Lipinski definition) is 1. The Morgan fingerprint density at radius 3 is 2.70 bits per heavy atom. The number of amides is 1. The van der Waals surface area contributed by atoms with Crippen molar-refractivity contribution < 1.29 is 13.9 Å². The van der Waals surface area contributed by atoms with Crippen molar-refractivity contribution in [3.8, 4) is 11.5 Å². The lowest BCUT2D eigenvalue weighted by Gasteiger charge is -2.08. The number of carbonyl (C=O) groups excluding carboxylic acids is 1. The second-order valence-electron chi connectivity index (χ2n) is 6.69. The van der Waals surface area contributed by atoms with E-state index < -0.39 is 0 Å². The molecule has 0 bridgehead atoms. The Morgan fingerprint density at radius 1 is 1.30 bits per heavy atom. The molecule has 2 rings (SSSR count). The number of hydrogen-bond acceptors (Lipinski definition) is 5. The van der Waals surface area contributed by atoms with Crippen LogP contribution in [-0.4, -0.2) is 35.9 Å². The summed E-state index contributed by atoms with van der Waals surface area (Å²) in [5.41, 5.74) is 3.17. The van der Waals surface area contributed by atoms with Crippen LogP contribution in [0.3, 0.4) is 0 Å². The number of rotatable bonds is 11. The molecule has 0 fully saturated rings. The van der Waals surface area contributed by atoms with Gasteiger partial charge in [-0.3, -0.25) is 4.79 Å². The van der Waals surface area contributed by atoms with Crippen LogP contribution < -0.4 is 5.32 Å². The summed E-state index contributed by atoms with van der Waals surface area (Å²) < 4.78 is 11.3. The van der Waals surface area contributed by atoms with Crippen molar-refractivity contribution in [1.82, 2.24) is 10.3 Å². The summed E-state index contributed by atoms with van der Waals surface area (Å²) in [6.45, 7) is 9.38. The zero-order chi connectivity index (χ0) is 19.6. The minimum absolute atomic E-state index is 0.0427. The summed E-state index contributed by atoms with van der Waals surface area (Å²) in [5.74, 6) is 2.56. The first kappa shape index (κ1) is 21.5. The van der Waals surface area contributed by atoms with Gasteiger partial charge in [0.1, 0.15) is 5.76 Å². The molecule has 2 aromatic rings. The first-order valence-corrected chi connectivity index (χ1v) is 10.7. The summed E-state index contributed by atoms with van der Waals surface area (Å²) in [7, 11) is 0. The van der Waals surface area contributed by atoms with Crippen LogP contribution in [0.15, 0.2) is 28.7 Å². The highest BCUT2D eigenvalue weighted by atomic mass is 32.2. The van der Waals surface area contributed by atoms with E-state index in [4.69, 9.17) is 9.15 Å². The quantitative estimate of drug-likeness (QED) is 0.577. The molecule has 148 valence electrons. The van der Waals surface area contributed by atoms with Crippen molar-refractivity contribution in [2.75, 3.05) is 18.9 Å². The van der Waals surface area contributed by atoms with Gasteiger partial charge in [0.15, 0.2) is 0 Å². The van der Waals surface area contributed by atoms with Gasteiger partial charge in [-0.15, -0.1) is 11.8 Å². The summed E-state index contributed by atoms with van der Waals surface area (Å²) >= 11 is 1.55. The summed E-state index contributed by atoms with van der Waals surface area (Å²) in [5, 5.41) is 2.92. The van der Waals surface area contributed by atoms with Crippen LogP contribution in [-0.2, 0) is 21.7 Å². The summed E-state index contributed by atoms with van der Waals surface area (Å²) in [6, 6.07) is 8.27. The number of ether oxygens (including phenoxy) is 1. The van der Waals surface area contributed by atoms with Crippen molar-refractivity contribution in [3.63, 3.8) is 0 Å². The van der Waals surface area contributed by atoms with Crippen LogP contribution in [0.25, 0.3) is 11.5 Å². The monoisotopic (exact) mass is 390 g/mol. The SMILES string of the molecule is CCc1ccc(-c2nc(CSCC(=O)NCCCOC(C)C)c(C)o2)cc1. The lowest BCUT2D eigenvalue weighted by Crippen LogP contribution is -2.27. The third kappa shape index (κ3) is 7.39. The molecule has 0 atom stereocenters. The molecular formula is C21H30N2O3S. The fraction of sp³-hybridized carbons (Fsp3) is 0.524. The second kappa shape index (κ2) is 11.1. The molecule has 0 radical (unpaired) electrons. The molecule has 5 nitrogen and oxygen atoms in total. The predicted molar refractivity (Wildman–Crippen MR) is 111 cm³/mol. The Bertz CT molecular complexity index is 711. The molecule has 1 N–H and O–H groups in total. The first-order valence-electron chi connectivity index (χ1n) is 9.51. The number of carbonyl (C=O) groups is 1. The molecule has 1 heterocycles. The van der Waals surface area contributed by atoms with Crippen molar-refractivity contribution >= 4 is 17.7 Å². The van der Waals surface area contributed by atoms with Crippen LogP contribution in [0.1, 0.15) is 44.2 Å². The van der Waals surface area contributed by atoms with Crippen LogP contribution in [0, 0.1) is 6.92 Å². The summed E-state index contributed by atoms with van der Waals surface area (Å²) in [6.07, 6.45) is 2.08. The van der Waals surface area contributed by atoms with Gasteiger partial charge in [0.2, 0.25) is 11.8 Å². The molecule has 0 aliphatic carbocycles. The van der Waals surface area contributed by atoms with Crippen LogP contribution in [0.4, 0.5) is 0 Å². The Labute approximate surface area is 166 Å². The predicted octanol–water partition coefficient (Wildman–Crippen LogP) is 4.38. The van der Waals surface area contributed by atoms with E-state index in [9.17, 15) is 4.79 Å². The summed E-state index contributed by atoms with van der Waals surface area (Å²) in [4.78, 5) is 16.5. The van der Waals surface area contributed by atoms with E-state index in [0.717, 1.165) is 29.9 Å². The van der Waals surface area contributed by atoms with E-state index in [1.165, 1.54) is 5.56 Å². The van der Waals surface area contributed by atoms with E-state index in [-0.39, 0.29) is 12.0 Å². The van der Waals surface area contributed by atoms with Gasteiger partial charge in [-0.25, -0.2) is 4.98 Å². The van der Waals surface area contributed by atoms with Gasteiger partial charge >= 0.3 is 0 Å². The van der Waals surface area contributed by atoms with Crippen molar-refractivity contribution in [2.45, 2.75) is 52.4 Å². The number of thioether (sulfide) groups is 1. The van der Waals surface area contributed by atoms with Gasteiger partial charge in [-0.1, -0.05) is 19.1 Å². The maximum Gasteiger partial charge on any atom is 0.230 e. The van der Waals surface area contributed by atoms with Crippen LogP contribution in [0.5, 0.6) is 0 Å². The zero-order valence-corrected chi connectivity index (χ0v) is 17.5. The molecule has 0 unspecified atom stereocenters. The van der Waals surface area contributed by atoms with E-state index in [1.54, 1.807) is 11.8 Å². The average molecular weight is 391 g/mol. The number of oxazole rings is 1. The zero-order valence-electron chi connectivity index (χ0n) is 16.7. The van der Waals surface area contributed by atoms with Crippen molar-refractivity contribution in [2.24, 2.45) is 0 Å². The Kier molecular flexibility index (Phi) is 8.88. The average Bonchev–Trinajstić information content (AvgIpc) is 3.02. The molecule has 6 heteroatoms. The molecule has 1 amide bonds. The van der Waals surface area contributed by atoms with E-state index in [2.05, 4.69) is 29.4 Å². The highest BCUT2D eigenvalue weighted by Crippen LogP contribution is 2.24. The van der Waals surface area contributed by atoms with Gasteiger partial charge in [0.25, 0.3) is 0 Å². The van der Waals surface area contributed by atoms with Gasteiger partial charge in [0.05, 0.1) is 17.6 Å². The molecule has 0 saturated heterocycles. The second-order valence-corrected chi connectivity index (χ2v) is 7.67. The molecule has 1 aromatic carbocycles. The number of benzene rings is 1. The van der Waals surface area contributed by atoms with Gasteiger partial charge in [-0.05, 0) is 51.3 Å².